The highest BCUT2D eigenvalue weighted by Crippen LogP contribution is 2.13. The van der Waals surface area contributed by atoms with Gasteiger partial charge in [0.1, 0.15) is 5.75 Å². The first-order valence-electron chi connectivity index (χ1n) is 6.69. The molecule has 0 unspecified atom stereocenters. The highest BCUT2D eigenvalue weighted by atomic mass is 16.5. The minimum atomic E-state index is -0.0403. The van der Waals surface area contributed by atoms with E-state index in [1.807, 2.05) is 62.4 Å². The van der Waals surface area contributed by atoms with Crippen molar-refractivity contribution >= 4 is 11.6 Å². The van der Waals surface area contributed by atoms with Gasteiger partial charge in [0.15, 0.2) is 0 Å². The molecule has 0 saturated heterocycles. The average molecular weight is 269 g/mol. The monoisotopic (exact) mass is 269 g/mol. The van der Waals surface area contributed by atoms with Crippen molar-refractivity contribution in [2.24, 2.45) is 0 Å². The van der Waals surface area contributed by atoms with Gasteiger partial charge >= 0.3 is 0 Å². The van der Waals surface area contributed by atoms with Gasteiger partial charge in [0.25, 0.3) is 0 Å². The summed E-state index contributed by atoms with van der Waals surface area (Å²) in [5.74, 6) is 0.759. The maximum atomic E-state index is 11.8. The van der Waals surface area contributed by atoms with Gasteiger partial charge in [-0.15, -0.1) is 0 Å². The van der Waals surface area contributed by atoms with Gasteiger partial charge in [0.05, 0.1) is 13.0 Å². The molecule has 2 rings (SSSR count). The molecular weight excluding hydrogens is 250 g/mol. The molecule has 20 heavy (non-hydrogen) atoms. The summed E-state index contributed by atoms with van der Waals surface area (Å²) >= 11 is 0. The van der Waals surface area contributed by atoms with Crippen molar-refractivity contribution in [1.29, 1.82) is 0 Å². The average Bonchev–Trinajstić information content (AvgIpc) is 2.41. The summed E-state index contributed by atoms with van der Waals surface area (Å²) < 4.78 is 5.55. The predicted octanol–water partition coefficient (Wildman–Crippen LogP) is 3.71. The minimum Gasteiger partial charge on any atom is -0.493 e. The lowest BCUT2D eigenvalue weighted by Gasteiger charge is -2.08. The van der Waals surface area contributed by atoms with Gasteiger partial charge < -0.3 is 10.1 Å². The van der Waals surface area contributed by atoms with Crippen molar-refractivity contribution in [1.82, 2.24) is 0 Å². The molecule has 0 aliphatic heterocycles. The van der Waals surface area contributed by atoms with Crippen LogP contribution in [0.3, 0.4) is 0 Å². The first-order chi connectivity index (χ1) is 9.63. The van der Waals surface area contributed by atoms with Crippen molar-refractivity contribution in [3.63, 3.8) is 0 Å². The standard InChI is InChI=1S/C17H19NO2/c1-13-6-8-15(9-7-13)18-17(19)10-11-20-16-5-3-4-14(2)12-16/h3-9,12H,10-11H2,1-2H3,(H,18,19). The third kappa shape index (κ3) is 4.43. The summed E-state index contributed by atoms with van der Waals surface area (Å²) in [6.45, 7) is 4.40. The van der Waals surface area contributed by atoms with Crippen LogP contribution < -0.4 is 10.1 Å². The van der Waals surface area contributed by atoms with Crippen LogP contribution in [-0.4, -0.2) is 12.5 Å². The quantitative estimate of drug-likeness (QED) is 0.898. The fraction of sp³-hybridized carbons (Fsp3) is 0.235. The Bertz CT molecular complexity index is 576. The van der Waals surface area contributed by atoms with Crippen LogP contribution in [0.2, 0.25) is 0 Å². The highest BCUT2D eigenvalue weighted by Gasteiger charge is 2.03. The van der Waals surface area contributed by atoms with E-state index >= 15 is 0 Å². The molecule has 2 aromatic rings. The van der Waals surface area contributed by atoms with Gasteiger partial charge in [-0.3, -0.25) is 4.79 Å². The summed E-state index contributed by atoms with van der Waals surface area (Å²) in [4.78, 5) is 11.8. The van der Waals surface area contributed by atoms with Gasteiger partial charge in [-0.1, -0.05) is 29.8 Å². The third-order valence-electron chi connectivity index (χ3n) is 2.92. The summed E-state index contributed by atoms with van der Waals surface area (Å²) in [7, 11) is 0. The summed E-state index contributed by atoms with van der Waals surface area (Å²) in [6.07, 6.45) is 0.335. The van der Waals surface area contributed by atoms with E-state index in [9.17, 15) is 4.79 Å². The van der Waals surface area contributed by atoms with E-state index < -0.39 is 0 Å². The molecule has 1 amide bonds. The van der Waals surface area contributed by atoms with Crippen LogP contribution in [0.4, 0.5) is 5.69 Å². The van der Waals surface area contributed by atoms with E-state index in [1.165, 1.54) is 5.56 Å². The number of hydrogen-bond donors (Lipinski definition) is 1. The number of carbonyl (C=O) groups is 1. The Kier molecular flexibility index (Phi) is 4.77. The first kappa shape index (κ1) is 14.1. The largest absolute Gasteiger partial charge is 0.493 e. The Hall–Kier alpha value is -2.29. The zero-order chi connectivity index (χ0) is 14.4. The molecule has 0 bridgehead atoms. The molecule has 0 heterocycles. The molecular formula is C17H19NO2. The predicted molar refractivity (Wildman–Crippen MR) is 81.1 cm³/mol. The Balaban J connectivity index is 1.76. The molecule has 3 heteroatoms. The van der Waals surface area contributed by atoms with Crippen LogP contribution in [0.1, 0.15) is 17.5 Å². The number of rotatable bonds is 5. The van der Waals surface area contributed by atoms with Crippen molar-refractivity contribution in [3.8, 4) is 5.75 Å². The Morgan fingerprint density at radius 1 is 1.05 bits per heavy atom. The van der Waals surface area contributed by atoms with Crippen LogP contribution in [0.25, 0.3) is 0 Å². The Morgan fingerprint density at radius 2 is 1.80 bits per heavy atom. The zero-order valence-corrected chi connectivity index (χ0v) is 11.8. The van der Waals surface area contributed by atoms with Crippen LogP contribution in [-0.2, 0) is 4.79 Å². The van der Waals surface area contributed by atoms with E-state index in [0.29, 0.717) is 13.0 Å². The van der Waals surface area contributed by atoms with E-state index in [1.54, 1.807) is 0 Å². The lowest BCUT2D eigenvalue weighted by atomic mass is 10.2. The van der Waals surface area contributed by atoms with Crippen LogP contribution in [0.5, 0.6) is 5.75 Å². The van der Waals surface area contributed by atoms with Crippen LogP contribution >= 0.6 is 0 Å². The number of carbonyl (C=O) groups excluding carboxylic acids is 1. The maximum absolute atomic E-state index is 11.8. The number of amides is 1. The lowest BCUT2D eigenvalue weighted by molar-refractivity contribution is -0.116. The minimum absolute atomic E-state index is 0.0403. The molecule has 0 saturated carbocycles. The highest BCUT2D eigenvalue weighted by molar-refractivity contribution is 5.90. The van der Waals surface area contributed by atoms with E-state index in [0.717, 1.165) is 17.0 Å². The molecule has 0 spiro atoms. The van der Waals surface area contributed by atoms with E-state index in [4.69, 9.17) is 4.74 Å². The molecule has 3 nitrogen and oxygen atoms in total. The van der Waals surface area contributed by atoms with Crippen LogP contribution in [0.15, 0.2) is 48.5 Å². The topological polar surface area (TPSA) is 38.3 Å². The number of nitrogens with one attached hydrogen (secondary N) is 1. The van der Waals surface area contributed by atoms with Crippen molar-refractivity contribution < 1.29 is 9.53 Å². The second-order valence-corrected chi connectivity index (χ2v) is 4.83. The normalized spacial score (nSPS) is 10.1. The van der Waals surface area contributed by atoms with Gasteiger partial charge in [0, 0.05) is 5.69 Å². The fourth-order valence-corrected chi connectivity index (χ4v) is 1.83. The molecule has 1 N–H and O–H groups in total. The van der Waals surface area contributed by atoms with E-state index in [2.05, 4.69) is 5.32 Å². The van der Waals surface area contributed by atoms with E-state index in [-0.39, 0.29) is 5.91 Å². The lowest BCUT2D eigenvalue weighted by Crippen LogP contribution is -2.15. The SMILES string of the molecule is Cc1ccc(NC(=O)CCOc2cccc(C)c2)cc1. The molecule has 0 aliphatic rings. The summed E-state index contributed by atoms with van der Waals surface area (Å²) in [5.41, 5.74) is 3.13. The molecule has 0 atom stereocenters. The number of anilines is 1. The number of benzene rings is 2. The molecule has 0 fully saturated rings. The number of ether oxygens (including phenoxy) is 1. The van der Waals surface area contributed by atoms with Crippen molar-refractivity contribution in [2.75, 3.05) is 11.9 Å². The Morgan fingerprint density at radius 3 is 2.50 bits per heavy atom. The van der Waals surface area contributed by atoms with Crippen molar-refractivity contribution in [3.05, 3.63) is 59.7 Å². The number of hydrogen-bond acceptors (Lipinski definition) is 2. The van der Waals surface area contributed by atoms with Gasteiger partial charge in [-0.25, -0.2) is 0 Å². The molecule has 0 radical (unpaired) electrons. The molecule has 0 aliphatic carbocycles. The van der Waals surface area contributed by atoms with Gasteiger partial charge in [-0.2, -0.15) is 0 Å². The van der Waals surface area contributed by atoms with Gasteiger partial charge in [-0.05, 0) is 43.7 Å². The fourth-order valence-electron chi connectivity index (χ4n) is 1.83. The second kappa shape index (κ2) is 6.75. The summed E-state index contributed by atoms with van der Waals surface area (Å²) in [5, 5.41) is 2.85. The van der Waals surface area contributed by atoms with Crippen molar-refractivity contribution in [2.45, 2.75) is 20.3 Å². The summed E-state index contributed by atoms with van der Waals surface area (Å²) in [6, 6.07) is 15.5. The molecule has 0 aromatic heterocycles. The maximum Gasteiger partial charge on any atom is 0.227 e. The first-order valence-corrected chi connectivity index (χ1v) is 6.69. The second-order valence-electron chi connectivity index (χ2n) is 4.83. The molecule has 2 aromatic carbocycles. The number of aryl methyl sites for hydroxylation is 2. The van der Waals surface area contributed by atoms with Gasteiger partial charge in [0.2, 0.25) is 5.91 Å². The molecule has 104 valence electrons. The smallest absolute Gasteiger partial charge is 0.227 e. The van der Waals surface area contributed by atoms with Crippen LogP contribution in [0, 0.1) is 13.8 Å². The third-order valence-corrected chi connectivity index (χ3v) is 2.92. The zero-order valence-electron chi connectivity index (χ0n) is 11.8. The Labute approximate surface area is 119 Å².